The molecule has 0 saturated carbocycles. The molecule has 0 unspecified atom stereocenters. The van der Waals surface area contributed by atoms with Gasteiger partial charge in [0.2, 0.25) is 5.91 Å². The SMILES string of the molecule is COc1ccc2c(c1)c1c3n2C(=O)C[C@H]2CCCN(CC1)[C@@H]32. The molecular weight excluding hydrogens is 276 g/mol. The van der Waals surface area contributed by atoms with Crippen LogP contribution in [0, 0.1) is 5.92 Å². The average molecular weight is 296 g/mol. The second-order valence-corrected chi connectivity index (χ2v) is 6.81. The predicted molar refractivity (Wildman–Crippen MR) is 84.5 cm³/mol. The maximum absolute atomic E-state index is 12.8. The van der Waals surface area contributed by atoms with E-state index in [1.54, 1.807) is 7.11 Å². The molecule has 22 heavy (non-hydrogen) atoms. The molecule has 3 aliphatic heterocycles. The van der Waals surface area contributed by atoms with E-state index in [9.17, 15) is 4.79 Å². The molecule has 4 nitrogen and oxygen atoms in total. The predicted octanol–water partition coefficient (Wildman–Crippen LogP) is 3.00. The standard InChI is InChI=1S/C18H20N2O2/c1-22-12-4-5-15-14(10-12)13-6-8-19-7-2-3-11-9-16(21)20(15)18(13)17(11)19/h4-5,10-11,17H,2-3,6-9H2,1H3/t11-,17-/m1/s1. The number of carbonyl (C=O) groups excluding carboxylic acids is 1. The van der Waals surface area contributed by atoms with Gasteiger partial charge in [0.25, 0.3) is 0 Å². The summed E-state index contributed by atoms with van der Waals surface area (Å²) in [7, 11) is 1.70. The molecule has 1 fully saturated rings. The van der Waals surface area contributed by atoms with Gasteiger partial charge < -0.3 is 4.74 Å². The number of carbonyl (C=O) groups is 1. The Hall–Kier alpha value is -1.81. The normalized spacial score (nSPS) is 27.0. The van der Waals surface area contributed by atoms with Crippen LogP contribution < -0.4 is 4.74 Å². The summed E-state index contributed by atoms with van der Waals surface area (Å²) in [5, 5.41) is 1.22. The zero-order valence-corrected chi connectivity index (χ0v) is 12.8. The number of methoxy groups -OCH3 is 1. The molecule has 4 heterocycles. The molecule has 0 bridgehead atoms. The van der Waals surface area contributed by atoms with Crippen LogP contribution >= 0.6 is 0 Å². The van der Waals surface area contributed by atoms with E-state index in [0.717, 1.165) is 24.2 Å². The summed E-state index contributed by atoms with van der Waals surface area (Å²) in [6, 6.07) is 6.58. The number of aromatic nitrogens is 1. The van der Waals surface area contributed by atoms with Crippen molar-refractivity contribution >= 4 is 16.8 Å². The molecule has 0 amide bonds. The van der Waals surface area contributed by atoms with Crippen LogP contribution in [-0.2, 0) is 6.42 Å². The minimum absolute atomic E-state index is 0.279. The van der Waals surface area contributed by atoms with Crippen molar-refractivity contribution in [3.8, 4) is 5.75 Å². The van der Waals surface area contributed by atoms with Gasteiger partial charge in [0.15, 0.2) is 0 Å². The third-order valence-corrected chi connectivity index (χ3v) is 5.80. The Morgan fingerprint density at radius 3 is 3.05 bits per heavy atom. The van der Waals surface area contributed by atoms with E-state index >= 15 is 0 Å². The first-order valence-corrected chi connectivity index (χ1v) is 8.26. The zero-order chi connectivity index (χ0) is 14.8. The highest BCUT2D eigenvalue weighted by Crippen LogP contribution is 2.48. The molecule has 0 radical (unpaired) electrons. The van der Waals surface area contributed by atoms with Gasteiger partial charge in [0.05, 0.1) is 18.7 Å². The van der Waals surface area contributed by atoms with Crippen LogP contribution in [0.3, 0.4) is 0 Å². The van der Waals surface area contributed by atoms with Crippen LogP contribution in [0.4, 0.5) is 0 Å². The molecule has 1 aromatic heterocycles. The van der Waals surface area contributed by atoms with Gasteiger partial charge in [-0.3, -0.25) is 14.3 Å². The van der Waals surface area contributed by atoms with E-state index in [4.69, 9.17) is 4.74 Å². The number of nitrogens with zero attached hydrogens (tertiary/aromatic N) is 2. The van der Waals surface area contributed by atoms with Crippen molar-refractivity contribution in [3.05, 3.63) is 29.5 Å². The number of piperidine rings is 1. The first-order chi connectivity index (χ1) is 10.8. The number of rotatable bonds is 1. The third kappa shape index (κ3) is 1.48. The van der Waals surface area contributed by atoms with E-state index in [2.05, 4.69) is 17.0 Å². The van der Waals surface area contributed by atoms with Gasteiger partial charge >= 0.3 is 0 Å². The third-order valence-electron chi connectivity index (χ3n) is 5.80. The summed E-state index contributed by atoms with van der Waals surface area (Å²) >= 11 is 0. The Morgan fingerprint density at radius 2 is 2.18 bits per heavy atom. The van der Waals surface area contributed by atoms with E-state index in [1.165, 1.54) is 36.0 Å². The summed E-state index contributed by atoms with van der Waals surface area (Å²) in [4.78, 5) is 15.4. The van der Waals surface area contributed by atoms with Crippen molar-refractivity contribution in [1.29, 1.82) is 0 Å². The fraction of sp³-hybridized carbons (Fsp3) is 0.500. The van der Waals surface area contributed by atoms with Crippen LogP contribution in [0.15, 0.2) is 18.2 Å². The molecule has 114 valence electrons. The summed E-state index contributed by atoms with van der Waals surface area (Å²) in [6.07, 6.45) is 4.17. The maximum Gasteiger partial charge on any atom is 0.231 e. The highest BCUT2D eigenvalue weighted by Gasteiger charge is 2.44. The molecule has 1 aromatic carbocycles. The first-order valence-electron chi connectivity index (χ1n) is 8.26. The van der Waals surface area contributed by atoms with Gasteiger partial charge in [-0.15, -0.1) is 0 Å². The van der Waals surface area contributed by atoms with Gasteiger partial charge in [0, 0.05) is 24.0 Å². The van der Waals surface area contributed by atoms with Crippen LogP contribution in [0.1, 0.15) is 41.4 Å². The smallest absolute Gasteiger partial charge is 0.231 e. The first kappa shape index (κ1) is 12.7. The Morgan fingerprint density at radius 1 is 1.27 bits per heavy atom. The molecule has 0 N–H and O–H groups in total. The van der Waals surface area contributed by atoms with Crippen molar-refractivity contribution in [2.45, 2.75) is 31.7 Å². The number of fused-ring (bicyclic) bond motifs is 3. The molecule has 4 heteroatoms. The average Bonchev–Trinajstić information content (AvgIpc) is 2.89. The minimum atomic E-state index is 0.279. The number of hydrogen-bond acceptors (Lipinski definition) is 3. The minimum Gasteiger partial charge on any atom is -0.497 e. The Labute approximate surface area is 129 Å². The maximum atomic E-state index is 12.8. The second-order valence-electron chi connectivity index (χ2n) is 6.81. The number of ether oxygens (including phenoxy) is 1. The van der Waals surface area contributed by atoms with Crippen LogP contribution in [-0.4, -0.2) is 35.6 Å². The second kappa shape index (κ2) is 4.35. The van der Waals surface area contributed by atoms with Crippen LogP contribution in [0.5, 0.6) is 5.75 Å². The van der Waals surface area contributed by atoms with Gasteiger partial charge in [-0.2, -0.15) is 0 Å². The highest BCUT2D eigenvalue weighted by atomic mass is 16.5. The lowest BCUT2D eigenvalue weighted by molar-refractivity contribution is 0.0478. The topological polar surface area (TPSA) is 34.5 Å². The summed E-state index contributed by atoms with van der Waals surface area (Å²) in [5.74, 6) is 1.67. The lowest BCUT2D eigenvalue weighted by Crippen LogP contribution is -2.47. The van der Waals surface area contributed by atoms with E-state index < -0.39 is 0 Å². The lowest BCUT2D eigenvalue weighted by atomic mass is 9.79. The molecule has 2 atom stereocenters. The van der Waals surface area contributed by atoms with E-state index in [-0.39, 0.29) is 5.91 Å². The summed E-state index contributed by atoms with van der Waals surface area (Å²) < 4.78 is 7.41. The van der Waals surface area contributed by atoms with Gasteiger partial charge in [0.1, 0.15) is 5.75 Å². The fourth-order valence-electron chi connectivity index (χ4n) is 4.91. The van der Waals surface area contributed by atoms with Gasteiger partial charge in [-0.1, -0.05) is 0 Å². The zero-order valence-electron chi connectivity index (χ0n) is 12.8. The Balaban J connectivity index is 1.83. The highest BCUT2D eigenvalue weighted by molar-refractivity contribution is 5.98. The fourth-order valence-corrected chi connectivity index (χ4v) is 4.91. The van der Waals surface area contributed by atoms with Crippen LogP contribution in [0.2, 0.25) is 0 Å². The molecule has 1 saturated heterocycles. The number of benzene rings is 1. The van der Waals surface area contributed by atoms with Crippen molar-refractivity contribution in [2.75, 3.05) is 20.2 Å². The molecular formula is C18H20N2O2. The van der Waals surface area contributed by atoms with Crippen molar-refractivity contribution < 1.29 is 9.53 Å². The Kier molecular flexibility index (Phi) is 2.51. The largest absolute Gasteiger partial charge is 0.497 e. The van der Waals surface area contributed by atoms with Gasteiger partial charge in [-0.05, 0) is 55.5 Å². The molecule has 0 aliphatic carbocycles. The quantitative estimate of drug-likeness (QED) is 0.811. The van der Waals surface area contributed by atoms with E-state index in [0.29, 0.717) is 18.4 Å². The summed E-state index contributed by atoms with van der Waals surface area (Å²) in [5.41, 5.74) is 3.74. The van der Waals surface area contributed by atoms with Crippen molar-refractivity contribution in [1.82, 2.24) is 9.47 Å². The molecule has 3 aliphatic rings. The molecule has 2 aromatic rings. The van der Waals surface area contributed by atoms with Gasteiger partial charge in [-0.25, -0.2) is 0 Å². The lowest BCUT2D eigenvalue weighted by Gasteiger charge is -2.46. The Bertz CT molecular complexity index is 792. The van der Waals surface area contributed by atoms with Crippen molar-refractivity contribution in [3.63, 3.8) is 0 Å². The van der Waals surface area contributed by atoms with Crippen LogP contribution in [0.25, 0.3) is 10.9 Å². The van der Waals surface area contributed by atoms with Crippen molar-refractivity contribution in [2.24, 2.45) is 5.92 Å². The number of hydrogen-bond donors (Lipinski definition) is 0. The summed E-state index contributed by atoms with van der Waals surface area (Å²) in [6.45, 7) is 2.30. The molecule has 5 rings (SSSR count). The molecule has 0 spiro atoms. The van der Waals surface area contributed by atoms with E-state index in [1.807, 2.05) is 10.6 Å². The monoisotopic (exact) mass is 296 g/mol.